The second-order valence-electron chi connectivity index (χ2n) is 3.44. The Balaban J connectivity index is 2.61. The lowest BCUT2D eigenvalue weighted by Gasteiger charge is -2.04. The standard InChI is InChI=1S/C9H11N3O/c1-5(2)8-11-7-4-10-3-6(7)9(13)12-8/h4-5H,3H2,1-2H3,(H,11,12,13). The Hall–Kier alpha value is -1.45. The van der Waals surface area contributed by atoms with Gasteiger partial charge in [0.15, 0.2) is 0 Å². The molecule has 0 atom stereocenters. The van der Waals surface area contributed by atoms with E-state index in [-0.39, 0.29) is 11.5 Å². The third kappa shape index (κ3) is 1.28. The highest BCUT2D eigenvalue weighted by atomic mass is 16.1. The van der Waals surface area contributed by atoms with Gasteiger partial charge in [-0.05, 0) is 0 Å². The van der Waals surface area contributed by atoms with Crippen LogP contribution in [0.2, 0.25) is 0 Å². The molecule has 0 saturated heterocycles. The number of fused-ring (bicyclic) bond motifs is 1. The van der Waals surface area contributed by atoms with E-state index in [1.54, 1.807) is 6.21 Å². The quantitative estimate of drug-likeness (QED) is 0.690. The van der Waals surface area contributed by atoms with Gasteiger partial charge in [0.2, 0.25) is 0 Å². The van der Waals surface area contributed by atoms with Gasteiger partial charge in [-0.3, -0.25) is 9.79 Å². The van der Waals surface area contributed by atoms with E-state index in [1.807, 2.05) is 13.8 Å². The molecule has 0 aromatic carbocycles. The van der Waals surface area contributed by atoms with E-state index in [0.29, 0.717) is 12.1 Å². The highest BCUT2D eigenvalue weighted by molar-refractivity contribution is 5.81. The molecule has 1 aliphatic rings. The summed E-state index contributed by atoms with van der Waals surface area (Å²) in [5, 5.41) is 0. The van der Waals surface area contributed by atoms with Crippen LogP contribution in [0.3, 0.4) is 0 Å². The van der Waals surface area contributed by atoms with Gasteiger partial charge in [-0.2, -0.15) is 0 Å². The van der Waals surface area contributed by atoms with Gasteiger partial charge >= 0.3 is 0 Å². The Morgan fingerprint density at radius 3 is 3.00 bits per heavy atom. The molecule has 0 aliphatic carbocycles. The lowest BCUT2D eigenvalue weighted by atomic mass is 10.2. The summed E-state index contributed by atoms with van der Waals surface area (Å²) in [6, 6.07) is 0. The minimum absolute atomic E-state index is 0.0498. The number of aromatic nitrogens is 2. The van der Waals surface area contributed by atoms with E-state index >= 15 is 0 Å². The molecule has 13 heavy (non-hydrogen) atoms. The van der Waals surface area contributed by atoms with E-state index in [0.717, 1.165) is 11.5 Å². The number of nitrogens with one attached hydrogen (secondary N) is 1. The summed E-state index contributed by atoms with van der Waals surface area (Å²) in [4.78, 5) is 22.5. The van der Waals surface area contributed by atoms with Crippen LogP contribution in [-0.2, 0) is 6.54 Å². The van der Waals surface area contributed by atoms with Crippen LogP contribution >= 0.6 is 0 Å². The molecule has 0 saturated carbocycles. The van der Waals surface area contributed by atoms with Crippen molar-refractivity contribution in [3.8, 4) is 0 Å². The van der Waals surface area contributed by atoms with Gasteiger partial charge in [0.25, 0.3) is 5.56 Å². The van der Waals surface area contributed by atoms with Gasteiger partial charge in [0.05, 0.1) is 17.8 Å². The second kappa shape index (κ2) is 2.80. The lowest BCUT2D eigenvalue weighted by molar-refractivity contribution is 0.759. The predicted octanol–water partition coefficient (Wildman–Crippen LogP) is 0.826. The third-order valence-electron chi connectivity index (χ3n) is 2.08. The third-order valence-corrected chi connectivity index (χ3v) is 2.08. The van der Waals surface area contributed by atoms with E-state index in [9.17, 15) is 4.79 Å². The first kappa shape index (κ1) is 8.16. The maximum atomic E-state index is 11.5. The minimum Gasteiger partial charge on any atom is -0.310 e. The fourth-order valence-corrected chi connectivity index (χ4v) is 1.29. The van der Waals surface area contributed by atoms with Crippen LogP contribution in [0, 0.1) is 0 Å². The van der Waals surface area contributed by atoms with Crippen LogP contribution in [0.5, 0.6) is 0 Å². The van der Waals surface area contributed by atoms with Crippen molar-refractivity contribution in [2.45, 2.75) is 26.3 Å². The van der Waals surface area contributed by atoms with Gasteiger partial charge in [-0.15, -0.1) is 0 Å². The summed E-state index contributed by atoms with van der Waals surface area (Å²) in [5.74, 6) is 0.976. The molecular formula is C9H11N3O. The Morgan fingerprint density at radius 1 is 1.54 bits per heavy atom. The molecule has 1 aromatic rings. The summed E-state index contributed by atoms with van der Waals surface area (Å²) in [5.41, 5.74) is 1.36. The van der Waals surface area contributed by atoms with Gasteiger partial charge in [-0.1, -0.05) is 13.8 Å². The lowest BCUT2D eigenvalue weighted by Crippen LogP contribution is -2.18. The molecule has 2 heterocycles. The zero-order chi connectivity index (χ0) is 9.42. The average molecular weight is 177 g/mol. The van der Waals surface area contributed by atoms with Crippen molar-refractivity contribution < 1.29 is 0 Å². The number of hydrogen-bond acceptors (Lipinski definition) is 3. The summed E-state index contributed by atoms with van der Waals surface area (Å²) >= 11 is 0. The van der Waals surface area contributed by atoms with Crippen molar-refractivity contribution in [1.82, 2.24) is 9.97 Å². The van der Waals surface area contributed by atoms with Gasteiger partial charge in [0.1, 0.15) is 5.82 Å². The number of aliphatic imine (C=N–C) groups is 1. The van der Waals surface area contributed by atoms with Crippen molar-refractivity contribution >= 4 is 6.21 Å². The molecule has 4 heteroatoms. The predicted molar refractivity (Wildman–Crippen MR) is 50.2 cm³/mol. The van der Waals surface area contributed by atoms with Crippen molar-refractivity contribution in [2.75, 3.05) is 0 Å². The number of rotatable bonds is 1. The first-order chi connectivity index (χ1) is 6.18. The summed E-state index contributed by atoms with van der Waals surface area (Å²) < 4.78 is 0. The van der Waals surface area contributed by atoms with Crippen LogP contribution in [0.1, 0.15) is 36.8 Å². The topological polar surface area (TPSA) is 58.1 Å². The van der Waals surface area contributed by atoms with Crippen LogP contribution in [0.25, 0.3) is 0 Å². The zero-order valence-electron chi connectivity index (χ0n) is 7.66. The molecule has 0 spiro atoms. The fraction of sp³-hybridized carbons (Fsp3) is 0.444. The molecule has 1 aromatic heterocycles. The van der Waals surface area contributed by atoms with Crippen LogP contribution in [0.15, 0.2) is 9.79 Å². The van der Waals surface area contributed by atoms with E-state index in [2.05, 4.69) is 15.0 Å². The summed E-state index contributed by atoms with van der Waals surface area (Å²) in [7, 11) is 0. The molecule has 1 N–H and O–H groups in total. The maximum absolute atomic E-state index is 11.5. The van der Waals surface area contributed by atoms with Crippen molar-refractivity contribution in [3.63, 3.8) is 0 Å². The summed E-state index contributed by atoms with van der Waals surface area (Å²) in [6.45, 7) is 4.46. The number of nitrogens with zero attached hydrogens (tertiary/aromatic N) is 2. The molecule has 0 amide bonds. The van der Waals surface area contributed by atoms with Crippen LogP contribution in [-0.4, -0.2) is 16.2 Å². The molecule has 0 radical (unpaired) electrons. The summed E-state index contributed by atoms with van der Waals surface area (Å²) in [6.07, 6.45) is 1.66. The first-order valence-corrected chi connectivity index (χ1v) is 4.31. The van der Waals surface area contributed by atoms with Crippen molar-refractivity contribution in [2.24, 2.45) is 4.99 Å². The molecule has 4 nitrogen and oxygen atoms in total. The molecule has 0 unspecified atom stereocenters. The van der Waals surface area contributed by atoms with Crippen LogP contribution in [0.4, 0.5) is 0 Å². The van der Waals surface area contributed by atoms with E-state index < -0.39 is 0 Å². The van der Waals surface area contributed by atoms with Crippen molar-refractivity contribution in [3.05, 3.63) is 27.4 Å². The highest BCUT2D eigenvalue weighted by Gasteiger charge is 2.14. The molecule has 1 aliphatic heterocycles. The monoisotopic (exact) mass is 177 g/mol. The number of aromatic amines is 1. The fourth-order valence-electron chi connectivity index (χ4n) is 1.29. The maximum Gasteiger partial charge on any atom is 0.256 e. The SMILES string of the molecule is CC(C)c1nc2c(c(=O)[nH]1)CN=C2. The smallest absolute Gasteiger partial charge is 0.256 e. The van der Waals surface area contributed by atoms with Crippen LogP contribution < -0.4 is 5.56 Å². The zero-order valence-corrected chi connectivity index (χ0v) is 7.66. The highest BCUT2D eigenvalue weighted by Crippen LogP contribution is 2.11. The average Bonchev–Trinajstić information content (AvgIpc) is 2.51. The Labute approximate surface area is 75.7 Å². The first-order valence-electron chi connectivity index (χ1n) is 4.31. The van der Waals surface area contributed by atoms with E-state index in [1.165, 1.54) is 0 Å². The normalized spacial score (nSPS) is 13.8. The van der Waals surface area contributed by atoms with Gasteiger partial charge in [-0.25, -0.2) is 4.98 Å². The second-order valence-corrected chi connectivity index (χ2v) is 3.44. The Kier molecular flexibility index (Phi) is 1.76. The van der Waals surface area contributed by atoms with Crippen molar-refractivity contribution in [1.29, 1.82) is 0 Å². The molecule has 68 valence electrons. The minimum atomic E-state index is -0.0498. The molecular weight excluding hydrogens is 166 g/mol. The molecule has 0 bridgehead atoms. The van der Waals surface area contributed by atoms with Gasteiger partial charge in [0, 0.05) is 12.1 Å². The van der Waals surface area contributed by atoms with Gasteiger partial charge < -0.3 is 4.98 Å². The Morgan fingerprint density at radius 2 is 2.31 bits per heavy atom. The number of hydrogen-bond donors (Lipinski definition) is 1. The Bertz CT molecular complexity index is 417. The van der Waals surface area contributed by atoms with E-state index in [4.69, 9.17) is 0 Å². The largest absolute Gasteiger partial charge is 0.310 e. The molecule has 2 rings (SSSR count). The number of H-pyrrole nitrogens is 1. The molecule has 0 fully saturated rings.